The molecule has 1 aromatic carbocycles. The van der Waals surface area contributed by atoms with Gasteiger partial charge in [-0.1, -0.05) is 12.6 Å². The standard InChI is InChI=1S/C23H25F3N6O2/c1-6-19(33)29-18-9-13(2)7-8-16(18)30-21-15(23(24,25)26)12-28-22(32(21)4)31-17-10-20(34-5)27-11-14(17)3/h6-12,21,30H,1H2,2-5H3,(H,29,33)(H,27,28,31). The van der Waals surface area contributed by atoms with E-state index in [1.807, 2.05) is 0 Å². The predicted molar refractivity (Wildman–Crippen MR) is 126 cm³/mol. The average Bonchev–Trinajstić information content (AvgIpc) is 2.78. The Morgan fingerprint density at radius 2 is 1.94 bits per heavy atom. The summed E-state index contributed by atoms with van der Waals surface area (Å²) in [6.45, 7) is 7.02. The molecule has 11 heteroatoms. The Kier molecular flexibility index (Phi) is 7.14. The van der Waals surface area contributed by atoms with Crippen molar-refractivity contribution >= 4 is 28.9 Å². The summed E-state index contributed by atoms with van der Waals surface area (Å²) in [5, 5.41) is 8.57. The summed E-state index contributed by atoms with van der Waals surface area (Å²) < 4.78 is 46.8. The number of benzene rings is 1. The Morgan fingerprint density at radius 3 is 2.59 bits per heavy atom. The van der Waals surface area contributed by atoms with Gasteiger partial charge in [-0.25, -0.2) is 9.98 Å². The largest absolute Gasteiger partial charge is 0.481 e. The fourth-order valence-electron chi connectivity index (χ4n) is 3.24. The predicted octanol–water partition coefficient (Wildman–Crippen LogP) is 4.43. The molecule has 0 saturated heterocycles. The number of rotatable bonds is 6. The molecule has 2 heterocycles. The van der Waals surface area contributed by atoms with Gasteiger partial charge in [-0.05, 0) is 43.2 Å². The van der Waals surface area contributed by atoms with E-state index in [0.29, 0.717) is 22.9 Å². The Hall–Kier alpha value is -4.02. The number of amides is 1. The number of aliphatic imine (C=N–C) groups is 1. The van der Waals surface area contributed by atoms with Gasteiger partial charge in [0.1, 0.15) is 6.17 Å². The first-order valence-electron chi connectivity index (χ1n) is 10.2. The molecule has 1 amide bonds. The summed E-state index contributed by atoms with van der Waals surface area (Å²) >= 11 is 0. The van der Waals surface area contributed by atoms with Crippen molar-refractivity contribution in [3.8, 4) is 5.88 Å². The van der Waals surface area contributed by atoms with Crippen molar-refractivity contribution in [2.45, 2.75) is 26.2 Å². The number of methoxy groups -OCH3 is 1. The van der Waals surface area contributed by atoms with Gasteiger partial charge in [0.15, 0.2) is 0 Å². The van der Waals surface area contributed by atoms with Gasteiger partial charge in [-0.15, -0.1) is 0 Å². The molecule has 1 aliphatic heterocycles. The third-order valence-electron chi connectivity index (χ3n) is 5.11. The number of hydrogen-bond acceptors (Lipinski definition) is 7. The quantitative estimate of drug-likeness (QED) is 0.537. The fourth-order valence-corrected chi connectivity index (χ4v) is 3.24. The van der Waals surface area contributed by atoms with Crippen molar-refractivity contribution in [1.29, 1.82) is 0 Å². The molecule has 1 aliphatic rings. The number of carbonyl (C=O) groups is 1. The van der Waals surface area contributed by atoms with Crippen LogP contribution in [0, 0.1) is 13.8 Å². The molecule has 2 aromatic rings. The van der Waals surface area contributed by atoms with E-state index in [9.17, 15) is 18.0 Å². The molecule has 180 valence electrons. The number of likely N-dealkylation sites (N-methyl/N-ethyl adjacent to an activating group) is 1. The van der Waals surface area contributed by atoms with E-state index in [2.05, 4.69) is 32.5 Å². The molecule has 0 bridgehead atoms. The first-order chi connectivity index (χ1) is 16.0. The summed E-state index contributed by atoms with van der Waals surface area (Å²) in [5.74, 6) is 0.0320. The van der Waals surface area contributed by atoms with Crippen molar-refractivity contribution in [2.75, 3.05) is 30.1 Å². The molecule has 34 heavy (non-hydrogen) atoms. The van der Waals surface area contributed by atoms with Crippen LogP contribution in [0.1, 0.15) is 11.1 Å². The molecule has 0 spiro atoms. The Balaban J connectivity index is 1.97. The molecule has 0 fully saturated rings. The van der Waals surface area contributed by atoms with Crippen molar-refractivity contribution < 1.29 is 22.7 Å². The van der Waals surface area contributed by atoms with Crippen LogP contribution in [-0.4, -0.2) is 48.3 Å². The van der Waals surface area contributed by atoms with Gasteiger partial charge in [0.2, 0.25) is 17.7 Å². The molecule has 0 aliphatic carbocycles. The van der Waals surface area contributed by atoms with E-state index in [-0.39, 0.29) is 5.96 Å². The Bertz CT molecular complexity index is 1160. The minimum atomic E-state index is -4.65. The highest BCUT2D eigenvalue weighted by Gasteiger charge is 2.43. The zero-order valence-electron chi connectivity index (χ0n) is 19.1. The first-order valence-corrected chi connectivity index (χ1v) is 10.2. The lowest BCUT2D eigenvalue weighted by Gasteiger charge is -2.37. The van der Waals surface area contributed by atoms with Gasteiger partial charge in [0.05, 0.1) is 29.7 Å². The lowest BCUT2D eigenvalue weighted by molar-refractivity contribution is -0.112. The molecule has 3 rings (SSSR count). The van der Waals surface area contributed by atoms with Gasteiger partial charge < -0.3 is 25.6 Å². The molecule has 8 nitrogen and oxygen atoms in total. The summed E-state index contributed by atoms with van der Waals surface area (Å²) in [6.07, 6.45) is -2.54. The third-order valence-corrected chi connectivity index (χ3v) is 5.11. The number of nitrogens with zero attached hydrogens (tertiary/aromatic N) is 3. The monoisotopic (exact) mass is 474 g/mol. The number of alkyl halides is 3. The van der Waals surface area contributed by atoms with Crippen LogP contribution in [0.15, 0.2) is 59.9 Å². The van der Waals surface area contributed by atoms with E-state index in [1.54, 1.807) is 44.3 Å². The van der Waals surface area contributed by atoms with Crippen LogP contribution in [0.5, 0.6) is 5.88 Å². The number of hydrogen-bond donors (Lipinski definition) is 3. The number of anilines is 3. The minimum Gasteiger partial charge on any atom is -0.481 e. The van der Waals surface area contributed by atoms with E-state index in [4.69, 9.17) is 4.74 Å². The topological polar surface area (TPSA) is 90.9 Å². The number of halogens is 3. The lowest BCUT2D eigenvalue weighted by atomic mass is 10.1. The zero-order chi connectivity index (χ0) is 25.0. The van der Waals surface area contributed by atoms with Gasteiger partial charge in [0.25, 0.3) is 0 Å². The van der Waals surface area contributed by atoms with Crippen molar-refractivity contribution in [3.63, 3.8) is 0 Å². The van der Waals surface area contributed by atoms with Crippen LogP contribution >= 0.6 is 0 Å². The lowest BCUT2D eigenvalue weighted by Crippen LogP contribution is -2.50. The Labute approximate surface area is 195 Å². The van der Waals surface area contributed by atoms with Gasteiger partial charge in [-0.2, -0.15) is 13.2 Å². The second-order valence-electron chi connectivity index (χ2n) is 7.60. The molecule has 0 saturated carbocycles. The maximum Gasteiger partial charge on any atom is 0.417 e. The third kappa shape index (κ3) is 5.48. The summed E-state index contributed by atoms with van der Waals surface area (Å²) in [6, 6.07) is 6.61. The number of nitrogens with one attached hydrogen (secondary N) is 3. The number of aryl methyl sites for hydroxylation is 2. The van der Waals surface area contributed by atoms with Crippen LogP contribution in [0.25, 0.3) is 0 Å². The SMILES string of the molecule is C=CC(=O)Nc1cc(C)ccc1NC1C(C(F)(F)F)=CN=C(Nc2cc(OC)ncc2C)N1C. The molecular weight excluding hydrogens is 449 g/mol. The highest BCUT2D eigenvalue weighted by atomic mass is 19.4. The van der Waals surface area contributed by atoms with Crippen LogP contribution in [0.3, 0.4) is 0 Å². The van der Waals surface area contributed by atoms with Gasteiger partial charge in [-0.3, -0.25) is 4.79 Å². The number of carbonyl (C=O) groups excluding carboxylic acids is 1. The van der Waals surface area contributed by atoms with Gasteiger partial charge in [0, 0.05) is 25.5 Å². The normalized spacial score (nSPS) is 15.7. The molecule has 3 N–H and O–H groups in total. The zero-order valence-corrected chi connectivity index (χ0v) is 19.1. The van der Waals surface area contributed by atoms with Gasteiger partial charge >= 0.3 is 6.18 Å². The van der Waals surface area contributed by atoms with E-state index >= 15 is 0 Å². The maximum absolute atomic E-state index is 13.9. The molecule has 1 aromatic heterocycles. The van der Waals surface area contributed by atoms with E-state index in [0.717, 1.165) is 23.4 Å². The van der Waals surface area contributed by atoms with Crippen LogP contribution in [0.2, 0.25) is 0 Å². The van der Waals surface area contributed by atoms with Crippen LogP contribution < -0.4 is 20.7 Å². The molecule has 0 radical (unpaired) electrons. The smallest absolute Gasteiger partial charge is 0.417 e. The molecular formula is C23H25F3N6O2. The highest BCUT2D eigenvalue weighted by molar-refractivity contribution is 6.01. The number of guanidine groups is 1. The first kappa shape index (κ1) is 24.6. The van der Waals surface area contributed by atoms with Crippen molar-refractivity contribution in [2.24, 2.45) is 4.99 Å². The second-order valence-corrected chi connectivity index (χ2v) is 7.60. The van der Waals surface area contributed by atoms with Crippen LogP contribution in [0.4, 0.5) is 30.2 Å². The summed E-state index contributed by atoms with van der Waals surface area (Å²) in [5.41, 5.74) is 1.88. The maximum atomic E-state index is 13.9. The summed E-state index contributed by atoms with van der Waals surface area (Å²) in [7, 11) is 2.94. The second kappa shape index (κ2) is 9.86. The minimum absolute atomic E-state index is 0.172. The fraction of sp³-hybridized carbons (Fsp3) is 0.261. The number of pyridine rings is 1. The Morgan fingerprint density at radius 1 is 1.21 bits per heavy atom. The molecule has 1 atom stereocenters. The van der Waals surface area contributed by atoms with E-state index in [1.165, 1.54) is 19.1 Å². The number of ether oxygens (including phenoxy) is 1. The van der Waals surface area contributed by atoms with Crippen molar-refractivity contribution in [3.05, 3.63) is 66.0 Å². The molecule has 1 unspecified atom stereocenters. The van der Waals surface area contributed by atoms with Crippen molar-refractivity contribution in [1.82, 2.24) is 9.88 Å². The average molecular weight is 474 g/mol. The number of aromatic nitrogens is 1. The summed E-state index contributed by atoms with van der Waals surface area (Å²) in [4.78, 5) is 21.3. The highest BCUT2D eigenvalue weighted by Crippen LogP contribution is 2.35. The van der Waals surface area contributed by atoms with E-state index < -0.39 is 23.8 Å². The van der Waals surface area contributed by atoms with Crippen LogP contribution in [-0.2, 0) is 4.79 Å².